The van der Waals surface area contributed by atoms with E-state index in [0.29, 0.717) is 12.1 Å². The molecule has 0 atom stereocenters. The van der Waals surface area contributed by atoms with Crippen LogP contribution >= 0.6 is 0 Å². The summed E-state index contributed by atoms with van der Waals surface area (Å²) in [4.78, 5) is 15.6. The molecule has 0 bridgehead atoms. The standard InChI is InChI=1S/C11H11NO/c1-7-3-4-9-6-11(13)8(2)12-10(9)5-7/h3-5H,6H2,1-2H3. The van der Waals surface area contributed by atoms with Crippen molar-refractivity contribution in [3.63, 3.8) is 0 Å². The lowest BCUT2D eigenvalue weighted by Gasteiger charge is -2.12. The Morgan fingerprint density at radius 1 is 1.31 bits per heavy atom. The number of aryl methyl sites for hydroxylation is 1. The Balaban J connectivity index is 2.57. The van der Waals surface area contributed by atoms with E-state index in [2.05, 4.69) is 4.99 Å². The Hall–Kier alpha value is -1.44. The number of ketones is 1. The molecule has 0 saturated carbocycles. The van der Waals surface area contributed by atoms with Gasteiger partial charge in [0.1, 0.15) is 0 Å². The predicted octanol–water partition coefficient (Wildman–Crippen LogP) is 2.21. The van der Waals surface area contributed by atoms with Gasteiger partial charge in [0.2, 0.25) is 0 Å². The van der Waals surface area contributed by atoms with Crippen LogP contribution in [0.5, 0.6) is 0 Å². The Labute approximate surface area is 77.3 Å². The molecule has 0 spiro atoms. The summed E-state index contributed by atoms with van der Waals surface area (Å²) in [7, 11) is 0. The van der Waals surface area contributed by atoms with Crippen LogP contribution in [0.2, 0.25) is 0 Å². The first-order chi connectivity index (χ1) is 6.16. The van der Waals surface area contributed by atoms with Crippen molar-refractivity contribution in [1.82, 2.24) is 0 Å². The summed E-state index contributed by atoms with van der Waals surface area (Å²) in [6.45, 7) is 3.80. The third kappa shape index (κ3) is 1.39. The fourth-order valence-electron chi connectivity index (χ4n) is 1.47. The molecular formula is C11H11NO. The van der Waals surface area contributed by atoms with Crippen LogP contribution in [-0.2, 0) is 11.2 Å². The highest BCUT2D eigenvalue weighted by Crippen LogP contribution is 2.25. The number of rotatable bonds is 0. The molecule has 2 heteroatoms. The van der Waals surface area contributed by atoms with Gasteiger partial charge in [-0.15, -0.1) is 0 Å². The zero-order valence-corrected chi connectivity index (χ0v) is 7.79. The van der Waals surface area contributed by atoms with Gasteiger partial charge in [0.25, 0.3) is 0 Å². The molecule has 0 aromatic heterocycles. The quantitative estimate of drug-likeness (QED) is 0.591. The smallest absolute Gasteiger partial charge is 0.181 e. The number of carbonyl (C=O) groups is 1. The summed E-state index contributed by atoms with van der Waals surface area (Å²) in [5.41, 5.74) is 3.81. The van der Waals surface area contributed by atoms with Gasteiger partial charge in [0.15, 0.2) is 5.78 Å². The summed E-state index contributed by atoms with van der Waals surface area (Å²) >= 11 is 0. The second kappa shape index (κ2) is 2.80. The first kappa shape index (κ1) is 8.17. The average Bonchev–Trinajstić information content (AvgIpc) is 2.08. The monoisotopic (exact) mass is 173 g/mol. The van der Waals surface area contributed by atoms with Crippen molar-refractivity contribution in [2.75, 3.05) is 0 Å². The normalized spacial score (nSPS) is 15.2. The predicted molar refractivity (Wildman–Crippen MR) is 52.7 cm³/mol. The van der Waals surface area contributed by atoms with Gasteiger partial charge in [0.05, 0.1) is 11.4 Å². The molecule has 1 aromatic rings. The number of carbonyl (C=O) groups excluding carboxylic acids is 1. The Bertz CT molecular complexity index is 405. The number of Topliss-reactive ketones (excluding diaryl/α,β-unsaturated/α-hetero) is 1. The molecule has 0 saturated heterocycles. The van der Waals surface area contributed by atoms with E-state index in [0.717, 1.165) is 11.3 Å². The maximum Gasteiger partial charge on any atom is 0.181 e. The number of nitrogens with zero attached hydrogens (tertiary/aromatic N) is 1. The Kier molecular flexibility index (Phi) is 1.76. The van der Waals surface area contributed by atoms with Crippen LogP contribution in [-0.4, -0.2) is 11.5 Å². The lowest BCUT2D eigenvalue weighted by atomic mass is 10.00. The van der Waals surface area contributed by atoms with Crippen LogP contribution in [0.1, 0.15) is 18.1 Å². The molecule has 1 aliphatic heterocycles. The van der Waals surface area contributed by atoms with Crippen molar-refractivity contribution >= 4 is 17.2 Å². The van der Waals surface area contributed by atoms with Crippen LogP contribution in [0.3, 0.4) is 0 Å². The largest absolute Gasteiger partial charge is 0.292 e. The van der Waals surface area contributed by atoms with Crippen LogP contribution in [0, 0.1) is 6.92 Å². The van der Waals surface area contributed by atoms with Gasteiger partial charge in [-0.2, -0.15) is 0 Å². The van der Waals surface area contributed by atoms with Crippen LogP contribution in [0.15, 0.2) is 23.2 Å². The highest BCUT2D eigenvalue weighted by atomic mass is 16.1. The molecule has 13 heavy (non-hydrogen) atoms. The van der Waals surface area contributed by atoms with Gasteiger partial charge in [0, 0.05) is 6.42 Å². The van der Waals surface area contributed by atoms with Gasteiger partial charge in [-0.1, -0.05) is 12.1 Å². The van der Waals surface area contributed by atoms with E-state index in [-0.39, 0.29) is 5.78 Å². The molecule has 1 heterocycles. The zero-order chi connectivity index (χ0) is 9.42. The molecule has 0 aliphatic carbocycles. The van der Waals surface area contributed by atoms with E-state index in [1.807, 2.05) is 25.1 Å². The van der Waals surface area contributed by atoms with Gasteiger partial charge < -0.3 is 0 Å². The fraction of sp³-hybridized carbons (Fsp3) is 0.273. The third-order valence-electron chi connectivity index (χ3n) is 2.28. The minimum Gasteiger partial charge on any atom is -0.292 e. The van der Waals surface area contributed by atoms with E-state index in [1.165, 1.54) is 5.56 Å². The maximum atomic E-state index is 11.3. The minimum atomic E-state index is 0.136. The van der Waals surface area contributed by atoms with E-state index < -0.39 is 0 Å². The molecule has 1 aromatic carbocycles. The van der Waals surface area contributed by atoms with Crippen LogP contribution < -0.4 is 0 Å². The van der Waals surface area contributed by atoms with E-state index in [1.54, 1.807) is 6.92 Å². The number of fused-ring (bicyclic) bond motifs is 1. The Morgan fingerprint density at radius 2 is 2.08 bits per heavy atom. The van der Waals surface area contributed by atoms with Crippen molar-refractivity contribution < 1.29 is 4.79 Å². The van der Waals surface area contributed by atoms with Gasteiger partial charge in [-0.3, -0.25) is 4.79 Å². The van der Waals surface area contributed by atoms with Crippen molar-refractivity contribution in [1.29, 1.82) is 0 Å². The first-order valence-electron chi connectivity index (χ1n) is 4.35. The average molecular weight is 173 g/mol. The van der Waals surface area contributed by atoms with Gasteiger partial charge in [-0.05, 0) is 31.0 Å². The second-order valence-corrected chi connectivity index (χ2v) is 3.43. The maximum absolute atomic E-state index is 11.3. The lowest BCUT2D eigenvalue weighted by Crippen LogP contribution is -2.16. The van der Waals surface area contributed by atoms with Crippen molar-refractivity contribution in [2.45, 2.75) is 20.3 Å². The number of benzene rings is 1. The van der Waals surface area contributed by atoms with E-state index in [9.17, 15) is 4.79 Å². The van der Waals surface area contributed by atoms with Crippen LogP contribution in [0.4, 0.5) is 5.69 Å². The van der Waals surface area contributed by atoms with Gasteiger partial charge in [-0.25, -0.2) is 4.99 Å². The number of aliphatic imine (C=N–C) groups is 1. The van der Waals surface area contributed by atoms with Crippen molar-refractivity contribution in [3.05, 3.63) is 29.3 Å². The SMILES string of the molecule is CC1=Nc2cc(C)ccc2CC1=O. The summed E-state index contributed by atoms with van der Waals surface area (Å²) in [5, 5.41) is 0. The molecule has 0 radical (unpaired) electrons. The topological polar surface area (TPSA) is 29.4 Å². The number of hydrogen-bond donors (Lipinski definition) is 0. The van der Waals surface area contributed by atoms with E-state index in [4.69, 9.17) is 0 Å². The molecule has 66 valence electrons. The fourth-order valence-corrected chi connectivity index (χ4v) is 1.47. The molecule has 2 nitrogen and oxygen atoms in total. The highest BCUT2D eigenvalue weighted by molar-refractivity contribution is 6.40. The molecule has 0 N–H and O–H groups in total. The van der Waals surface area contributed by atoms with E-state index >= 15 is 0 Å². The van der Waals surface area contributed by atoms with Crippen molar-refractivity contribution in [2.24, 2.45) is 4.99 Å². The molecule has 1 aliphatic rings. The Morgan fingerprint density at radius 3 is 2.85 bits per heavy atom. The number of hydrogen-bond acceptors (Lipinski definition) is 2. The third-order valence-corrected chi connectivity index (χ3v) is 2.28. The first-order valence-corrected chi connectivity index (χ1v) is 4.35. The summed E-state index contributed by atoms with van der Waals surface area (Å²) in [6.07, 6.45) is 0.505. The highest BCUT2D eigenvalue weighted by Gasteiger charge is 2.16. The summed E-state index contributed by atoms with van der Waals surface area (Å²) in [5.74, 6) is 0.136. The van der Waals surface area contributed by atoms with Crippen LogP contribution in [0.25, 0.3) is 0 Å². The molecule has 0 fully saturated rings. The molecular weight excluding hydrogens is 162 g/mol. The molecule has 2 rings (SSSR count). The van der Waals surface area contributed by atoms with Crippen molar-refractivity contribution in [3.8, 4) is 0 Å². The second-order valence-electron chi connectivity index (χ2n) is 3.43. The molecule has 0 unspecified atom stereocenters. The summed E-state index contributed by atoms with van der Waals surface area (Å²) in [6, 6.07) is 6.02. The molecule has 0 amide bonds. The van der Waals surface area contributed by atoms with Gasteiger partial charge >= 0.3 is 0 Å². The zero-order valence-electron chi connectivity index (χ0n) is 7.79. The minimum absolute atomic E-state index is 0.136. The summed E-state index contributed by atoms with van der Waals surface area (Å²) < 4.78 is 0. The lowest BCUT2D eigenvalue weighted by molar-refractivity contribution is -0.112.